The second-order valence-electron chi connectivity index (χ2n) is 7.14. The fourth-order valence-corrected chi connectivity index (χ4v) is 3.43. The molecular weight excluding hydrogens is 276 g/mol. The average Bonchev–Trinajstić information content (AvgIpc) is 2.11. The quantitative estimate of drug-likeness (QED) is 0.796. The maximum Gasteiger partial charge on any atom is 0.175 e. The van der Waals surface area contributed by atoms with Crippen LogP contribution in [0, 0.1) is 0 Å². The van der Waals surface area contributed by atoms with Crippen molar-refractivity contribution in [1.29, 1.82) is 0 Å². The van der Waals surface area contributed by atoms with Crippen molar-refractivity contribution in [1.82, 2.24) is 0 Å². The minimum Gasteiger partial charge on any atom is -0.224 e. The van der Waals surface area contributed by atoms with E-state index in [-0.39, 0.29) is 10.8 Å². The summed E-state index contributed by atoms with van der Waals surface area (Å²) in [6.45, 7) is 12.4. The highest BCUT2D eigenvalue weighted by Gasteiger charge is 2.26. The van der Waals surface area contributed by atoms with Crippen LogP contribution in [0.1, 0.15) is 52.7 Å². The Morgan fingerprint density at radius 3 is 1.42 bits per heavy atom. The zero-order chi connectivity index (χ0) is 15.2. The molecule has 2 nitrogen and oxygen atoms in total. The van der Waals surface area contributed by atoms with E-state index >= 15 is 0 Å². The molecule has 0 aromatic heterocycles. The molecule has 0 bridgehead atoms. The van der Waals surface area contributed by atoms with Crippen molar-refractivity contribution < 1.29 is 8.42 Å². The second-order valence-corrected chi connectivity index (χ2v) is 9.60. The smallest absolute Gasteiger partial charge is 0.175 e. The van der Waals surface area contributed by atoms with E-state index in [0.29, 0.717) is 4.90 Å². The van der Waals surface area contributed by atoms with Gasteiger partial charge in [0.25, 0.3) is 0 Å². The van der Waals surface area contributed by atoms with E-state index in [2.05, 4.69) is 54.2 Å². The predicted molar refractivity (Wildman–Crippen MR) is 84.2 cm³/mol. The van der Waals surface area contributed by atoms with Crippen LogP contribution in [-0.2, 0) is 20.7 Å². The molecule has 0 heterocycles. The monoisotopic (exact) mass is 300 g/mol. The third-order valence-electron chi connectivity index (χ3n) is 3.13. The molecule has 0 saturated carbocycles. The molecule has 0 amide bonds. The summed E-state index contributed by atoms with van der Waals surface area (Å²) in [5.74, 6) is 0. The second kappa shape index (κ2) is 4.81. The first kappa shape index (κ1) is 16.6. The third-order valence-corrected chi connectivity index (χ3v) is 4.70. The predicted octanol–water partition coefficient (Wildman–Crippen LogP) is 3.97. The lowest BCUT2D eigenvalue weighted by atomic mass is 9.80. The third kappa shape index (κ3) is 3.76. The van der Waals surface area contributed by atoms with Crippen molar-refractivity contribution in [2.75, 3.05) is 6.26 Å². The van der Waals surface area contributed by atoms with Gasteiger partial charge in [0.2, 0.25) is 0 Å². The molecule has 0 unspecified atom stereocenters. The zero-order valence-corrected chi connectivity index (χ0v) is 14.5. The van der Waals surface area contributed by atoms with E-state index in [0.717, 1.165) is 16.0 Å². The minimum atomic E-state index is -3.22. The molecule has 4 heteroatoms. The van der Waals surface area contributed by atoms with Crippen molar-refractivity contribution in [2.24, 2.45) is 0 Å². The van der Waals surface area contributed by atoms with Gasteiger partial charge in [-0.25, -0.2) is 8.42 Å². The molecule has 0 aliphatic carbocycles. The molecule has 0 fully saturated rings. The Kier molecular flexibility index (Phi) is 4.20. The molecule has 0 spiro atoms. The number of rotatable bonds is 1. The van der Waals surface area contributed by atoms with E-state index in [9.17, 15) is 8.42 Å². The van der Waals surface area contributed by atoms with Crippen molar-refractivity contribution in [3.63, 3.8) is 0 Å². The van der Waals surface area contributed by atoms with Gasteiger partial charge in [0.05, 0.1) is 4.90 Å². The van der Waals surface area contributed by atoms with Crippen LogP contribution in [0.3, 0.4) is 0 Å². The van der Waals surface area contributed by atoms with Gasteiger partial charge in [-0.1, -0.05) is 41.5 Å². The van der Waals surface area contributed by atoms with Crippen molar-refractivity contribution in [2.45, 2.75) is 62.2 Å². The fourth-order valence-electron chi connectivity index (χ4n) is 1.97. The van der Waals surface area contributed by atoms with Gasteiger partial charge in [0.15, 0.2) is 9.84 Å². The van der Waals surface area contributed by atoms with E-state index in [1.54, 1.807) is 12.1 Å². The van der Waals surface area contributed by atoms with Gasteiger partial charge < -0.3 is 0 Å². The zero-order valence-electron chi connectivity index (χ0n) is 12.8. The van der Waals surface area contributed by atoms with Crippen LogP contribution < -0.4 is 0 Å². The molecular formula is C15H24O2S2. The molecule has 0 N–H and O–H groups in total. The summed E-state index contributed by atoms with van der Waals surface area (Å²) in [4.78, 5) is 1.27. The molecule has 19 heavy (non-hydrogen) atoms. The Bertz CT molecular complexity index is 551. The van der Waals surface area contributed by atoms with E-state index in [1.807, 2.05) is 0 Å². The summed E-state index contributed by atoms with van der Waals surface area (Å²) in [5.41, 5.74) is 1.67. The highest BCUT2D eigenvalue weighted by Crippen LogP contribution is 2.38. The normalized spacial score (nSPS) is 13.7. The molecule has 0 aliphatic rings. The number of sulfone groups is 1. The first-order chi connectivity index (χ1) is 8.24. The van der Waals surface area contributed by atoms with Gasteiger partial charge in [-0.15, -0.1) is 12.6 Å². The van der Waals surface area contributed by atoms with E-state index in [4.69, 9.17) is 0 Å². The summed E-state index contributed by atoms with van der Waals surface area (Å²) in [6.07, 6.45) is 1.25. The molecule has 1 rings (SSSR count). The molecule has 1 aromatic carbocycles. The largest absolute Gasteiger partial charge is 0.224 e. The number of hydrogen-bond acceptors (Lipinski definition) is 3. The van der Waals surface area contributed by atoms with Crippen LogP contribution in [0.5, 0.6) is 0 Å². The lowest BCUT2D eigenvalue weighted by Crippen LogP contribution is -2.19. The maximum absolute atomic E-state index is 11.9. The lowest BCUT2D eigenvalue weighted by Gasteiger charge is -2.28. The molecule has 0 aliphatic heterocycles. The first-order valence-electron chi connectivity index (χ1n) is 6.32. The standard InChI is InChI=1S/C15H24O2S2/c1-14(2,3)11-8-10(19(7,16)17)9-12(13(11)18)15(4,5)6/h8-9,18H,1-7H3. The van der Waals surface area contributed by atoms with Crippen LogP contribution in [0.2, 0.25) is 0 Å². The summed E-state index contributed by atoms with van der Waals surface area (Å²) in [7, 11) is -3.22. The van der Waals surface area contributed by atoms with Crippen LogP contribution in [0.15, 0.2) is 21.9 Å². The molecule has 0 radical (unpaired) electrons. The van der Waals surface area contributed by atoms with Gasteiger partial charge in [-0.05, 0) is 34.1 Å². The maximum atomic E-state index is 11.9. The van der Waals surface area contributed by atoms with Gasteiger partial charge in [0.1, 0.15) is 0 Å². The Labute approximate surface area is 122 Å². The van der Waals surface area contributed by atoms with Crippen LogP contribution in [-0.4, -0.2) is 14.7 Å². The number of thiol groups is 1. The van der Waals surface area contributed by atoms with Gasteiger partial charge in [-0.3, -0.25) is 0 Å². The van der Waals surface area contributed by atoms with Crippen LogP contribution in [0.4, 0.5) is 0 Å². The van der Waals surface area contributed by atoms with Crippen molar-refractivity contribution in [3.8, 4) is 0 Å². The van der Waals surface area contributed by atoms with Gasteiger partial charge >= 0.3 is 0 Å². The first-order valence-corrected chi connectivity index (χ1v) is 8.66. The van der Waals surface area contributed by atoms with Crippen molar-refractivity contribution >= 4 is 22.5 Å². The molecule has 1 aromatic rings. The summed E-state index contributed by atoms with van der Waals surface area (Å²) in [6, 6.07) is 3.51. The summed E-state index contributed by atoms with van der Waals surface area (Å²) < 4.78 is 23.8. The summed E-state index contributed by atoms with van der Waals surface area (Å²) in [5, 5.41) is 0. The minimum absolute atomic E-state index is 0.141. The van der Waals surface area contributed by atoms with Crippen molar-refractivity contribution in [3.05, 3.63) is 23.3 Å². The topological polar surface area (TPSA) is 34.1 Å². The molecule has 0 atom stereocenters. The summed E-state index contributed by atoms with van der Waals surface area (Å²) >= 11 is 4.65. The Morgan fingerprint density at radius 1 is 0.895 bits per heavy atom. The van der Waals surface area contributed by atoms with Crippen LogP contribution >= 0.6 is 12.6 Å². The van der Waals surface area contributed by atoms with Gasteiger partial charge in [0, 0.05) is 11.2 Å². The SMILES string of the molecule is CC(C)(C)c1cc(S(C)(=O)=O)cc(C(C)(C)C)c1S. The molecule has 108 valence electrons. The molecule has 0 saturated heterocycles. The Morgan fingerprint density at radius 2 is 1.21 bits per heavy atom. The Balaban J connectivity index is 3.78. The fraction of sp³-hybridized carbons (Fsp3) is 0.600. The van der Waals surface area contributed by atoms with Crippen LogP contribution in [0.25, 0.3) is 0 Å². The average molecular weight is 300 g/mol. The highest BCUT2D eigenvalue weighted by molar-refractivity contribution is 7.90. The number of hydrogen-bond donors (Lipinski definition) is 1. The lowest BCUT2D eigenvalue weighted by molar-refractivity contribution is 0.542. The Hall–Kier alpha value is -0.480. The van der Waals surface area contributed by atoms with E-state index in [1.165, 1.54) is 6.26 Å². The highest BCUT2D eigenvalue weighted by atomic mass is 32.2. The van der Waals surface area contributed by atoms with E-state index < -0.39 is 9.84 Å². The number of benzene rings is 1. The van der Waals surface area contributed by atoms with Gasteiger partial charge in [-0.2, -0.15) is 0 Å².